The molecule has 0 atom stereocenters. The lowest BCUT2D eigenvalue weighted by molar-refractivity contribution is 0.750. The predicted molar refractivity (Wildman–Crippen MR) is 55.3 cm³/mol. The van der Waals surface area contributed by atoms with Crippen molar-refractivity contribution in [3.63, 3.8) is 0 Å². The molecule has 0 aromatic heterocycles. The normalized spacial score (nSPS) is 17.1. The molecule has 0 bridgehead atoms. The minimum atomic E-state index is 0.709. The van der Waals surface area contributed by atoms with Gasteiger partial charge in [-0.2, -0.15) is 0 Å². The Labute approximate surface area is 81.4 Å². The maximum absolute atomic E-state index is 3.58. The van der Waals surface area contributed by atoms with Crippen LogP contribution in [0.4, 0.5) is 0 Å². The van der Waals surface area contributed by atoms with Crippen LogP contribution in [0.25, 0.3) is 0 Å². The number of rotatable bonds is 1. The lowest BCUT2D eigenvalue weighted by Crippen LogP contribution is -1.92. The summed E-state index contributed by atoms with van der Waals surface area (Å²) in [5, 5.41) is 0. The predicted octanol–water partition coefficient (Wildman–Crippen LogP) is 3.88. The number of halogens is 1. The van der Waals surface area contributed by atoms with Crippen LogP contribution < -0.4 is 0 Å². The Hall–Kier alpha value is -0.560. The van der Waals surface area contributed by atoms with E-state index in [4.69, 9.17) is 0 Å². The van der Waals surface area contributed by atoms with Crippen molar-refractivity contribution in [2.24, 2.45) is 0 Å². The van der Waals surface area contributed by atoms with E-state index in [2.05, 4.69) is 52.3 Å². The van der Waals surface area contributed by atoms with Gasteiger partial charge in [0, 0.05) is 4.47 Å². The van der Waals surface area contributed by atoms with Gasteiger partial charge in [-0.1, -0.05) is 46.3 Å². The van der Waals surface area contributed by atoms with Gasteiger partial charge in [0.05, 0.1) is 0 Å². The van der Waals surface area contributed by atoms with Crippen LogP contribution in [-0.4, -0.2) is 0 Å². The highest BCUT2D eigenvalue weighted by atomic mass is 79.9. The lowest BCUT2D eigenvalue weighted by Gasteiger charge is -2.10. The van der Waals surface area contributed by atoms with E-state index in [0.29, 0.717) is 5.92 Å². The minimum Gasteiger partial charge on any atom is -0.0879 e. The van der Waals surface area contributed by atoms with Gasteiger partial charge in [-0.15, -0.1) is 0 Å². The van der Waals surface area contributed by atoms with Gasteiger partial charge in [0.1, 0.15) is 0 Å². The zero-order valence-corrected chi connectivity index (χ0v) is 8.42. The van der Waals surface area contributed by atoms with Crippen molar-refractivity contribution in [1.29, 1.82) is 0 Å². The molecule has 0 saturated carbocycles. The third-order valence-electron chi connectivity index (χ3n) is 2.35. The van der Waals surface area contributed by atoms with Crippen LogP contribution in [0, 0.1) is 0 Å². The fraction of sp³-hybridized carbons (Fsp3) is 0.273. The maximum atomic E-state index is 3.58. The van der Waals surface area contributed by atoms with Gasteiger partial charge in [0.15, 0.2) is 0 Å². The Morgan fingerprint density at radius 3 is 2.42 bits per heavy atom. The average molecular weight is 223 g/mol. The molecule has 1 aromatic carbocycles. The molecule has 0 N–H and O–H groups in total. The third kappa shape index (κ3) is 1.46. The summed E-state index contributed by atoms with van der Waals surface area (Å²) in [4.78, 5) is 0. The molecule has 0 nitrogen and oxygen atoms in total. The number of allylic oxidation sites excluding steroid dienone is 2. The molecule has 62 valence electrons. The number of hydrogen-bond acceptors (Lipinski definition) is 0. The van der Waals surface area contributed by atoms with E-state index in [9.17, 15) is 0 Å². The number of hydrogen-bond donors (Lipinski definition) is 0. The summed E-state index contributed by atoms with van der Waals surface area (Å²) >= 11 is 3.58. The summed E-state index contributed by atoms with van der Waals surface area (Å²) in [6, 6.07) is 8.50. The monoisotopic (exact) mass is 222 g/mol. The second-order valence-electron chi connectivity index (χ2n) is 3.16. The highest BCUT2D eigenvalue weighted by Gasteiger charge is 2.14. The molecule has 1 aliphatic rings. The molecule has 1 heteroatoms. The van der Waals surface area contributed by atoms with Crippen LogP contribution in [0.15, 0.2) is 40.9 Å². The van der Waals surface area contributed by atoms with Gasteiger partial charge in [-0.05, 0) is 30.4 Å². The molecular formula is C11H11Br. The van der Waals surface area contributed by atoms with Crippen molar-refractivity contribution in [2.45, 2.75) is 18.8 Å². The molecule has 0 heterocycles. The van der Waals surface area contributed by atoms with Crippen LogP contribution in [0.1, 0.15) is 24.3 Å². The zero-order chi connectivity index (χ0) is 8.39. The summed E-state index contributed by atoms with van der Waals surface area (Å²) in [6.45, 7) is 0. The quantitative estimate of drug-likeness (QED) is 0.633. The molecule has 0 spiro atoms. The largest absolute Gasteiger partial charge is 0.0879 e. The van der Waals surface area contributed by atoms with Crippen LogP contribution in [0.5, 0.6) is 0 Å². The van der Waals surface area contributed by atoms with Crippen molar-refractivity contribution < 1.29 is 0 Å². The van der Waals surface area contributed by atoms with E-state index < -0.39 is 0 Å². The topological polar surface area (TPSA) is 0 Å². The van der Waals surface area contributed by atoms with E-state index >= 15 is 0 Å². The molecule has 0 unspecified atom stereocenters. The third-order valence-corrected chi connectivity index (χ3v) is 3.08. The highest BCUT2D eigenvalue weighted by molar-refractivity contribution is 9.10. The minimum absolute atomic E-state index is 0.709. The van der Waals surface area contributed by atoms with Gasteiger partial charge in [-0.25, -0.2) is 0 Å². The molecule has 1 aromatic rings. The van der Waals surface area contributed by atoms with Gasteiger partial charge < -0.3 is 0 Å². The zero-order valence-electron chi connectivity index (χ0n) is 6.83. The van der Waals surface area contributed by atoms with Crippen LogP contribution in [-0.2, 0) is 0 Å². The summed E-state index contributed by atoms with van der Waals surface area (Å²) in [5.74, 6) is 0.709. The van der Waals surface area contributed by atoms with Crippen molar-refractivity contribution in [3.8, 4) is 0 Å². The second kappa shape index (κ2) is 3.44. The summed E-state index contributed by atoms with van der Waals surface area (Å²) in [5.41, 5.74) is 1.45. The fourth-order valence-electron chi connectivity index (χ4n) is 1.68. The molecule has 0 radical (unpaired) electrons. The van der Waals surface area contributed by atoms with Crippen LogP contribution >= 0.6 is 15.9 Å². The fourth-order valence-corrected chi connectivity index (χ4v) is 2.29. The Morgan fingerprint density at radius 2 is 1.75 bits per heavy atom. The van der Waals surface area contributed by atoms with E-state index in [-0.39, 0.29) is 0 Å². The smallest absolute Gasteiger partial charge is 0.0210 e. The van der Waals surface area contributed by atoms with Crippen molar-refractivity contribution >= 4 is 15.9 Å². The Kier molecular flexibility index (Phi) is 2.31. The van der Waals surface area contributed by atoms with Gasteiger partial charge >= 0.3 is 0 Å². The molecular weight excluding hydrogens is 212 g/mol. The first-order valence-electron chi connectivity index (χ1n) is 4.27. The SMILES string of the molecule is Brc1ccccc1C1CC=CC1. The molecule has 12 heavy (non-hydrogen) atoms. The maximum Gasteiger partial charge on any atom is 0.0210 e. The van der Waals surface area contributed by atoms with E-state index in [1.807, 2.05) is 0 Å². The Bertz CT molecular complexity index is 294. The standard InChI is InChI=1S/C11H11Br/c12-11-8-4-3-7-10(11)9-5-1-2-6-9/h1-4,7-9H,5-6H2. The Morgan fingerprint density at radius 1 is 1.08 bits per heavy atom. The number of benzene rings is 1. The summed E-state index contributed by atoms with van der Waals surface area (Å²) in [6.07, 6.45) is 6.93. The summed E-state index contributed by atoms with van der Waals surface area (Å²) < 4.78 is 1.25. The molecule has 0 saturated heterocycles. The highest BCUT2D eigenvalue weighted by Crippen LogP contribution is 2.33. The van der Waals surface area contributed by atoms with Gasteiger partial charge in [-0.3, -0.25) is 0 Å². The van der Waals surface area contributed by atoms with Gasteiger partial charge in [0.25, 0.3) is 0 Å². The molecule has 2 rings (SSSR count). The van der Waals surface area contributed by atoms with Gasteiger partial charge in [0.2, 0.25) is 0 Å². The van der Waals surface area contributed by atoms with E-state index in [1.54, 1.807) is 0 Å². The first-order valence-corrected chi connectivity index (χ1v) is 5.06. The first kappa shape index (κ1) is 8.06. The molecule has 0 fully saturated rings. The Balaban J connectivity index is 2.27. The van der Waals surface area contributed by atoms with Crippen molar-refractivity contribution in [1.82, 2.24) is 0 Å². The van der Waals surface area contributed by atoms with Crippen LogP contribution in [0.2, 0.25) is 0 Å². The first-order chi connectivity index (χ1) is 5.88. The van der Waals surface area contributed by atoms with E-state index in [0.717, 1.165) is 0 Å². The average Bonchev–Trinajstić information content (AvgIpc) is 2.57. The van der Waals surface area contributed by atoms with Crippen molar-refractivity contribution in [3.05, 3.63) is 46.5 Å². The molecule has 0 amide bonds. The van der Waals surface area contributed by atoms with Crippen LogP contribution in [0.3, 0.4) is 0 Å². The van der Waals surface area contributed by atoms with E-state index in [1.165, 1.54) is 22.9 Å². The van der Waals surface area contributed by atoms with Crippen molar-refractivity contribution in [2.75, 3.05) is 0 Å². The second-order valence-corrected chi connectivity index (χ2v) is 4.02. The summed E-state index contributed by atoms with van der Waals surface area (Å²) in [7, 11) is 0. The molecule has 1 aliphatic carbocycles. The molecule has 0 aliphatic heterocycles. The lowest BCUT2D eigenvalue weighted by atomic mass is 9.97.